The molecule has 4 nitrogen and oxygen atoms in total. The molecule has 1 aliphatic rings. The van der Waals surface area contributed by atoms with Crippen LogP contribution in [0.25, 0.3) is 0 Å². The molecular weight excluding hydrogens is 276 g/mol. The van der Waals surface area contributed by atoms with Crippen molar-refractivity contribution in [1.82, 2.24) is 4.90 Å². The summed E-state index contributed by atoms with van der Waals surface area (Å²) in [5, 5.41) is 0. The van der Waals surface area contributed by atoms with E-state index >= 15 is 0 Å². The van der Waals surface area contributed by atoms with E-state index in [4.69, 9.17) is 10.5 Å². The molecule has 0 spiro atoms. The van der Waals surface area contributed by atoms with Crippen LogP contribution in [-0.2, 0) is 9.53 Å². The van der Waals surface area contributed by atoms with Gasteiger partial charge in [-0.05, 0) is 19.4 Å². The molecule has 1 unspecified atom stereocenters. The Kier molecular flexibility index (Phi) is 6.46. The first kappa shape index (κ1) is 17.0. The molecule has 0 aromatic heterocycles. The summed E-state index contributed by atoms with van der Waals surface area (Å²) in [5.74, 6) is 0.259. The molecule has 2 N–H and O–H groups in total. The van der Waals surface area contributed by atoms with Gasteiger partial charge in [0.15, 0.2) is 0 Å². The summed E-state index contributed by atoms with van der Waals surface area (Å²) in [6, 6.07) is 10.2. The number of carbonyl (C=O) groups is 1. The van der Waals surface area contributed by atoms with E-state index in [0.29, 0.717) is 19.7 Å². The summed E-state index contributed by atoms with van der Waals surface area (Å²) < 4.78 is 5.36. The Hall–Kier alpha value is -1.10. The molecule has 1 heterocycles. The van der Waals surface area contributed by atoms with Crippen LogP contribution in [0.5, 0.6) is 0 Å². The van der Waals surface area contributed by atoms with Crippen molar-refractivity contribution in [2.75, 3.05) is 19.7 Å². The van der Waals surface area contributed by atoms with Crippen LogP contribution in [0.3, 0.4) is 0 Å². The van der Waals surface area contributed by atoms with Crippen LogP contribution in [-0.4, -0.2) is 42.6 Å². The Bertz CT molecular complexity index is 427. The number of hydrogen-bond acceptors (Lipinski definition) is 3. The number of halogens is 1. The lowest BCUT2D eigenvalue weighted by atomic mass is 9.95. The molecule has 0 aliphatic carbocycles. The van der Waals surface area contributed by atoms with Crippen LogP contribution < -0.4 is 5.73 Å². The highest BCUT2D eigenvalue weighted by Gasteiger charge is 2.35. The molecule has 1 amide bonds. The maximum atomic E-state index is 12.2. The molecule has 112 valence electrons. The summed E-state index contributed by atoms with van der Waals surface area (Å²) in [6.07, 6.45) is -0.383. The molecule has 1 aromatic rings. The third kappa shape index (κ3) is 3.72. The third-order valence-electron chi connectivity index (χ3n) is 3.67. The molecule has 0 saturated carbocycles. The second-order valence-electron chi connectivity index (χ2n) is 5.02. The van der Waals surface area contributed by atoms with Crippen LogP contribution >= 0.6 is 12.4 Å². The highest BCUT2D eigenvalue weighted by atomic mass is 35.5. The van der Waals surface area contributed by atoms with Gasteiger partial charge in [0.05, 0.1) is 0 Å². The van der Waals surface area contributed by atoms with E-state index in [1.165, 1.54) is 5.56 Å². The van der Waals surface area contributed by atoms with Gasteiger partial charge in [-0.1, -0.05) is 30.3 Å². The Morgan fingerprint density at radius 2 is 2.05 bits per heavy atom. The first-order valence-corrected chi connectivity index (χ1v) is 6.84. The molecule has 1 saturated heterocycles. The van der Waals surface area contributed by atoms with E-state index in [1.807, 2.05) is 30.0 Å². The van der Waals surface area contributed by atoms with Crippen LogP contribution in [0.1, 0.15) is 25.3 Å². The number of hydrogen-bond donors (Lipinski definition) is 1. The lowest BCUT2D eigenvalue weighted by Gasteiger charge is -2.20. The second-order valence-corrected chi connectivity index (χ2v) is 5.02. The largest absolute Gasteiger partial charge is 0.369 e. The van der Waals surface area contributed by atoms with Gasteiger partial charge in [0.25, 0.3) is 5.91 Å². The maximum absolute atomic E-state index is 12.2. The Labute approximate surface area is 126 Å². The molecular formula is C15H23ClN2O2. The summed E-state index contributed by atoms with van der Waals surface area (Å²) in [5.41, 5.74) is 7.38. The SMILES string of the molecule is CCOC(C)C(=O)N1C[C@@H](N)[C@H](c2ccccc2)C1.Cl. The number of nitrogens with zero attached hydrogens (tertiary/aromatic N) is 1. The lowest BCUT2D eigenvalue weighted by Crippen LogP contribution is -2.39. The number of rotatable bonds is 4. The van der Waals surface area contributed by atoms with Crippen LogP contribution in [0.2, 0.25) is 0 Å². The first-order chi connectivity index (χ1) is 9.13. The van der Waals surface area contributed by atoms with Crippen molar-refractivity contribution in [3.8, 4) is 0 Å². The third-order valence-corrected chi connectivity index (χ3v) is 3.67. The van der Waals surface area contributed by atoms with Gasteiger partial charge in [0, 0.05) is 31.7 Å². The van der Waals surface area contributed by atoms with Gasteiger partial charge in [0.2, 0.25) is 0 Å². The minimum absolute atomic E-state index is 0. The van der Waals surface area contributed by atoms with Gasteiger partial charge < -0.3 is 15.4 Å². The normalized spacial score (nSPS) is 23.2. The lowest BCUT2D eigenvalue weighted by molar-refractivity contribution is -0.141. The summed E-state index contributed by atoms with van der Waals surface area (Å²) in [6.45, 7) is 5.53. The molecule has 3 atom stereocenters. The fourth-order valence-corrected chi connectivity index (χ4v) is 2.64. The van der Waals surface area contributed by atoms with Crippen molar-refractivity contribution in [2.45, 2.75) is 31.9 Å². The van der Waals surface area contributed by atoms with Crippen LogP contribution in [0.15, 0.2) is 30.3 Å². The minimum Gasteiger partial charge on any atom is -0.369 e. The van der Waals surface area contributed by atoms with Crippen LogP contribution in [0, 0.1) is 0 Å². The zero-order valence-corrected chi connectivity index (χ0v) is 12.8. The topological polar surface area (TPSA) is 55.6 Å². The van der Waals surface area contributed by atoms with Gasteiger partial charge >= 0.3 is 0 Å². The Morgan fingerprint density at radius 1 is 1.40 bits per heavy atom. The quantitative estimate of drug-likeness (QED) is 0.922. The second kappa shape index (κ2) is 7.62. The molecule has 0 bridgehead atoms. The molecule has 1 aromatic carbocycles. The van der Waals surface area contributed by atoms with E-state index in [-0.39, 0.29) is 36.4 Å². The van der Waals surface area contributed by atoms with E-state index in [2.05, 4.69) is 12.1 Å². The first-order valence-electron chi connectivity index (χ1n) is 6.84. The van der Waals surface area contributed by atoms with E-state index in [1.54, 1.807) is 6.92 Å². The van der Waals surface area contributed by atoms with Crippen LogP contribution in [0.4, 0.5) is 0 Å². The van der Waals surface area contributed by atoms with E-state index in [0.717, 1.165) is 0 Å². The molecule has 20 heavy (non-hydrogen) atoms. The van der Waals surface area contributed by atoms with E-state index in [9.17, 15) is 4.79 Å². The maximum Gasteiger partial charge on any atom is 0.251 e. The van der Waals surface area contributed by atoms with Gasteiger partial charge in [-0.3, -0.25) is 4.79 Å². The average molecular weight is 299 g/mol. The van der Waals surface area contributed by atoms with Crippen molar-refractivity contribution >= 4 is 18.3 Å². The summed E-state index contributed by atoms with van der Waals surface area (Å²) in [7, 11) is 0. The zero-order valence-electron chi connectivity index (χ0n) is 12.0. The molecule has 5 heteroatoms. The highest BCUT2D eigenvalue weighted by Crippen LogP contribution is 2.26. The van der Waals surface area contributed by atoms with Crippen molar-refractivity contribution in [2.24, 2.45) is 5.73 Å². The highest BCUT2D eigenvalue weighted by molar-refractivity contribution is 5.85. The number of amides is 1. The van der Waals surface area contributed by atoms with E-state index < -0.39 is 0 Å². The summed E-state index contributed by atoms with van der Waals surface area (Å²) in [4.78, 5) is 14.0. The fraction of sp³-hybridized carbons (Fsp3) is 0.533. The molecule has 1 aliphatic heterocycles. The Morgan fingerprint density at radius 3 is 2.65 bits per heavy atom. The van der Waals surface area contributed by atoms with Crippen molar-refractivity contribution in [3.05, 3.63) is 35.9 Å². The monoisotopic (exact) mass is 298 g/mol. The predicted octanol–water partition coefficient (Wildman–Crippen LogP) is 1.79. The number of benzene rings is 1. The van der Waals surface area contributed by atoms with Crippen molar-refractivity contribution in [1.29, 1.82) is 0 Å². The van der Waals surface area contributed by atoms with Gasteiger partial charge in [-0.15, -0.1) is 12.4 Å². The average Bonchev–Trinajstić information content (AvgIpc) is 2.81. The molecule has 0 radical (unpaired) electrons. The zero-order chi connectivity index (χ0) is 13.8. The number of ether oxygens (including phenoxy) is 1. The van der Waals surface area contributed by atoms with Crippen molar-refractivity contribution < 1.29 is 9.53 Å². The fourth-order valence-electron chi connectivity index (χ4n) is 2.64. The standard InChI is InChI=1S/C15H22N2O2.ClH/c1-3-19-11(2)15(18)17-9-13(14(16)10-17)12-7-5-4-6-8-12;/h4-8,11,13-14H,3,9-10,16H2,1-2H3;1H/t11?,13-,14+;/m0./s1. The number of carbonyl (C=O) groups excluding carboxylic acids is 1. The molecule has 1 fully saturated rings. The van der Waals surface area contributed by atoms with Gasteiger partial charge in [0.1, 0.15) is 6.10 Å². The number of likely N-dealkylation sites (tertiary alicyclic amines) is 1. The number of nitrogens with two attached hydrogens (primary N) is 1. The summed E-state index contributed by atoms with van der Waals surface area (Å²) >= 11 is 0. The minimum atomic E-state index is -0.383. The molecule has 2 rings (SSSR count). The predicted molar refractivity (Wildman–Crippen MR) is 82.1 cm³/mol. The Balaban J connectivity index is 0.00000200. The van der Waals surface area contributed by atoms with Crippen molar-refractivity contribution in [3.63, 3.8) is 0 Å². The smallest absolute Gasteiger partial charge is 0.251 e. The van der Waals surface area contributed by atoms with Gasteiger partial charge in [-0.2, -0.15) is 0 Å². The van der Waals surface area contributed by atoms with Gasteiger partial charge in [-0.25, -0.2) is 0 Å².